The van der Waals surface area contributed by atoms with E-state index in [2.05, 4.69) is 15.3 Å². The van der Waals surface area contributed by atoms with E-state index in [0.29, 0.717) is 5.82 Å². The van der Waals surface area contributed by atoms with Crippen LogP contribution in [0.2, 0.25) is 5.28 Å². The van der Waals surface area contributed by atoms with Gasteiger partial charge in [0.1, 0.15) is 5.60 Å². The van der Waals surface area contributed by atoms with Gasteiger partial charge in [-0.3, -0.25) is 4.90 Å². The molecule has 1 aliphatic rings. The molecule has 1 aromatic heterocycles. The number of carbonyl (C=O) groups is 1. The SMILES string of the molecule is Cc1ccc2c(N(C(=O)OC(C)(C)C)C3CCNCC3)nc(Cl)nc2c1. The fourth-order valence-corrected chi connectivity index (χ4v) is 3.33. The maximum Gasteiger partial charge on any atom is 0.416 e. The summed E-state index contributed by atoms with van der Waals surface area (Å²) in [5, 5.41) is 4.25. The third-order valence-electron chi connectivity index (χ3n) is 4.30. The molecule has 1 aliphatic heterocycles. The molecule has 1 amide bonds. The summed E-state index contributed by atoms with van der Waals surface area (Å²) in [7, 11) is 0. The number of anilines is 1. The number of nitrogens with zero attached hydrogens (tertiary/aromatic N) is 3. The Labute approximate surface area is 158 Å². The second kappa shape index (κ2) is 7.37. The molecule has 1 N–H and O–H groups in total. The van der Waals surface area contributed by atoms with Gasteiger partial charge in [0.15, 0.2) is 5.82 Å². The first-order chi connectivity index (χ1) is 12.2. The standard InChI is InChI=1S/C19H25ClN4O2/c1-12-5-6-14-15(11-12)22-17(20)23-16(14)24(13-7-9-21-10-8-13)18(25)26-19(2,3)4/h5-6,11,13,21H,7-10H2,1-4H3. The second-order valence-corrected chi connectivity index (χ2v) is 8.01. The van der Waals surface area contributed by atoms with Gasteiger partial charge >= 0.3 is 6.09 Å². The molecule has 2 aromatic rings. The van der Waals surface area contributed by atoms with Crippen molar-refractivity contribution in [3.8, 4) is 0 Å². The monoisotopic (exact) mass is 376 g/mol. The Kier molecular flexibility index (Phi) is 5.34. The molecule has 6 nitrogen and oxygen atoms in total. The Bertz CT molecular complexity index is 808. The molecule has 0 atom stereocenters. The number of benzene rings is 1. The number of hydrogen-bond acceptors (Lipinski definition) is 5. The van der Waals surface area contributed by atoms with Gasteiger partial charge in [-0.2, -0.15) is 4.98 Å². The average molecular weight is 377 g/mol. The van der Waals surface area contributed by atoms with Crippen molar-refractivity contribution in [1.29, 1.82) is 0 Å². The Morgan fingerprint density at radius 3 is 2.62 bits per heavy atom. The van der Waals surface area contributed by atoms with E-state index in [1.165, 1.54) is 0 Å². The summed E-state index contributed by atoms with van der Waals surface area (Å²) in [5.41, 5.74) is 1.21. The van der Waals surface area contributed by atoms with Crippen LogP contribution >= 0.6 is 11.6 Å². The molecule has 140 valence electrons. The molecule has 1 saturated heterocycles. The van der Waals surface area contributed by atoms with Gasteiger partial charge in [0, 0.05) is 11.4 Å². The van der Waals surface area contributed by atoms with E-state index >= 15 is 0 Å². The van der Waals surface area contributed by atoms with Crippen molar-refractivity contribution in [1.82, 2.24) is 15.3 Å². The number of carbonyl (C=O) groups excluding carboxylic acids is 1. The summed E-state index contributed by atoms with van der Waals surface area (Å²) < 4.78 is 5.68. The number of aromatic nitrogens is 2. The summed E-state index contributed by atoms with van der Waals surface area (Å²) in [6.07, 6.45) is 1.25. The predicted molar refractivity (Wildman–Crippen MR) is 104 cm³/mol. The van der Waals surface area contributed by atoms with Gasteiger partial charge in [-0.1, -0.05) is 6.07 Å². The summed E-state index contributed by atoms with van der Waals surface area (Å²) >= 11 is 6.18. The molecular formula is C19H25ClN4O2. The Balaban J connectivity index is 2.11. The molecule has 26 heavy (non-hydrogen) atoms. The molecule has 1 aromatic carbocycles. The summed E-state index contributed by atoms with van der Waals surface area (Å²) in [5.74, 6) is 0.515. The van der Waals surface area contributed by atoms with Gasteiger partial charge in [0.05, 0.1) is 5.52 Å². The van der Waals surface area contributed by atoms with Gasteiger partial charge in [-0.25, -0.2) is 9.78 Å². The minimum Gasteiger partial charge on any atom is -0.443 e. The lowest BCUT2D eigenvalue weighted by atomic mass is 10.0. The van der Waals surface area contributed by atoms with Crippen molar-refractivity contribution in [3.05, 3.63) is 29.0 Å². The zero-order chi connectivity index (χ0) is 18.9. The number of hydrogen-bond donors (Lipinski definition) is 1. The Hall–Kier alpha value is -1.92. The number of piperidine rings is 1. The van der Waals surface area contributed by atoms with Gasteiger partial charge in [0.2, 0.25) is 5.28 Å². The molecule has 0 radical (unpaired) electrons. The van der Waals surface area contributed by atoms with E-state index in [9.17, 15) is 4.79 Å². The van der Waals surface area contributed by atoms with E-state index in [0.717, 1.165) is 42.4 Å². The number of ether oxygens (including phenoxy) is 1. The first-order valence-corrected chi connectivity index (χ1v) is 9.29. The normalized spacial score (nSPS) is 15.9. The number of aryl methyl sites for hydroxylation is 1. The van der Waals surface area contributed by atoms with Crippen LogP contribution in [0.3, 0.4) is 0 Å². The molecule has 0 saturated carbocycles. The summed E-state index contributed by atoms with van der Waals surface area (Å²) in [4.78, 5) is 23.5. The second-order valence-electron chi connectivity index (χ2n) is 7.67. The molecule has 0 aliphatic carbocycles. The topological polar surface area (TPSA) is 67.3 Å². The van der Waals surface area contributed by atoms with E-state index in [-0.39, 0.29) is 11.3 Å². The number of fused-ring (bicyclic) bond motifs is 1. The lowest BCUT2D eigenvalue weighted by molar-refractivity contribution is 0.0558. The third-order valence-corrected chi connectivity index (χ3v) is 4.47. The fourth-order valence-electron chi connectivity index (χ4n) is 3.16. The van der Waals surface area contributed by atoms with E-state index < -0.39 is 11.7 Å². The quantitative estimate of drug-likeness (QED) is 0.799. The van der Waals surface area contributed by atoms with Gasteiger partial charge in [-0.15, -0.1) is 0 Å². The van der Waals surface area contributed by atoms with Gasteiger partial charge in [0.25, 0.3) is 0 Å². The average Bonchev–Trinajstić information content (AvgIpc) is 2.53. The first kappa shape index (κ1) is 18.9. The third kappa shape index (κ3) is 4.24. The van der Waals surface area contributed by atoms with Crippen LogP contribution in [0.4, 0.5) is 10.6 Å². The number of halogens is 1. The van der Waals surface area contributed by atoms with Gasteiger partial charge in [-0.05, 0) is 82.9 Å². The minimum absolute atomic E-state index is 0.00145. The zero-order valence-corrected chi connectivity index (χ0v) is 16.4. The summed E-state index contributed by atoms with van der Waals surface area (Å²) in [6, 6.07) is 5.87. The van der Waals surface area contributed by atoms with Crippen LogP contribution in [0, 0.1) is 6.92 Å². The highest BCUT2D eigenvalue weighted by Crippen LogP contribution is 2.31. The molecule has 0 bridgehead atoms. The van der Waals surface area contributed by atoms with Crippen molar-refractivity contribution in [2.45, 2.75) is 52.2 Å². The van der Waals surface area contributed by atoms with E-state index in [1.54, 1.807) is 4.90 Å². The predicted octanol–water partition coefficient (Wildman–Crippen LogP) is 4.09. The lowest BCUT2D eigenvalue weighted by Crippen LogP contribution is -2.48. The zero-order valence-electron chi connectivity index (χ0n) is 15.7. The van der Waals surface area contributed by atoms with Gasteiger partial charge < -0.3 is 10.1 Å². The Morgan fingerprint density at radius 1 is 1.27 bits per heavy atom. The van der Waals surface area contributed by atoms with Crippen LogP contribution in [0.25, 0.3) is 10.9 Å². The number of rotatable bonds is 2. The molecule has 0 spiro atoms. The molecule has 0 unspecified atom stereocenters. The summed E-state index contributed by atoms with van der Waals surface area (Å²) in [6.45, 7) is 9.27. The van der Waals surface area contributed by atoms with Crippen molar-refractivity contribution in [3.63, 3.8) is 0 Å². The van der Waals surface area contributed by atoms with Crippen molar-refractivity contribution >= 4 is 34.4 Å². The smallest absolute Gasteiger partial charge is 0.416 e. The molecule has 7 heteroatoms. The highest BCUT2D eigenvalue weighted by Gasteiger charge is 2.33. The van der Waals surface area contributed by atoms with Crippen LogP contribution in [0.1, 0.15) is 39.2 Å². The molecule has 3 rings (SSSR count). The Morgan fingerprint density at radius 2 is 1.96 bits per heavy atom. The maximum absolute atomic E-state index is 13.1. The fraction of sp³-hybridized carbons (Fsp3) is 0.526. The first-order valence-electron chi connectivity index (χ1n) is 8.91. The number of amides is 1. The number of nitrogens with one attached hydrogen (secondary N) is 1. The minimum atomic E-state index is -0.592. The maximum atomic E-state index is 13.1. The highest BCUT2D eigenvalue weighted by atomic mass is 35.5. The van der Waals surface area contributed by atoms with Crippen LogP contribution < -0.4 is 10.2 Å². The van der Waals surface area contributed by atoms with Crippen LogP contribution in [-0.2, 0) is 4.74 Å². The van der Waals surface area contributed by atoms with E-state index in [1.807, 2.05) is 45.9 Å². The van der Waals surface area contributed by atoms with Crippen molar-refractivity contribution in [2.24, 2.45) is 0 Å². The molecule has 2 heterocycles. The van der Waals surface area contributed by atoms with Crippen molar-refractivity contribution < 1.29 is 9.53 Å². The van der Waals surface area contributed by atoms with E-state index in [4.69, 9.17) is 16.3 Å². The highest BCUT2D eigenvalue weighted by molar-refractivity contribution is 6.29. The van der Waals surface area contributed by atoms with Crippen LogP contribution in [0.15, 0.2) is 18.2 Å². The van der Waals surface area contributed by atoms with Crippen LogP contribution in [0.5, 0.6) is 0 Å². The largest absolute Gasteiger partial charge is 0.443 e. The lowest BCUT2D eigenvalue weighted by Gasteiger charge is -2.35. The molecule has 1 fully saturated rings. The molecular weight excluding hydrogens is 352 g/mol. The van der Waals surface area contributed by atoms with Crippen LogP contribution in [-0.4, -0.2) is 40.8 Å². The van der Waals surface area contributed by atoms with Crippen molar-refractivity contribution in [2.75, 3.05) is 18.0 Å².